The summed E-state index contributed by atoms with van der Waals surface area (Å²) < 4.78 is 0. The van der Waals surface area contributed by atoms with E-state index >= 15 is 0 Å². The number of hydrogen-bond acceptors (Lipinski definition) is 3. The normalized spacial score (nSPS) is 11.5. The predicted molar refractivity (Wildman–Crippen MR) is 77.2 cm³/mol. The first-order valence-electron chi connectivity index (χ1n) is 6.28. The van der Waals surface area contributed by atoms with Crippen LogP contribution in [0.4, 0.5) is 5.69 Å². The van der Waals surface area contributed by atoms with Crippen LogP contribution in [-0.4, -0.2) is 29.9 Å². The lowest BCUT2D eigenvalue weighted by Gasteiger charge is -2.24. The van der Waals surface area contributed by atoms with Crippen molar-refractivity contribution in [3.8, 4) is 6.07 Å². The molecule has 4 nitrogen and oxygen atoms in total. The first-order chi connectivity index (χ1) is 9.03. The number of rotatable bonds is 5. The quantitative estimate of drug-likeness (QED) is 0.902. The lowest BCUT2D eigenvalue weighted by Crippen LogP contribution is -2.41. The van der Waals surface area contributed by atoms with E-state index in [2.05, 4.69) is 11.4 Å². The Morgan fingerprint density at radius 2 is 2.11 bits per heavy atom. The number of nitrogens with zero attached hydrogens (tertiary/aromatic N) is 2. The van der Waals surface area contributed by atoms with Crippen LogP contribution in [0.15, 0.2) is 18.2 Å². The third-order valence-electron chi connectivity index (χ3n) is 2.92. The van der Waals surface area contributed by atoms with Crippen LogP contribution >= 0.6 is 11.6 Å². The van der Waals surface area contributed by atoms with Crippen molar-refractivity contribution in [1.29, 1.82) is 5.26 Å². The summed E-state index contributed by atoms with van der Waals surface area (Å²) in [6.07, 6.45) is 0. The molecule has 1 aromatic rings. The van der Waals surface area contributed by atoms with Crippen LogP contribution in [-0.2, 0) is 4.79 Å². The molecular weight excluding hydrogens is 262 g/mol. The Kier molecular flexibility index (Phi) is 5.65. The van der Waals surface area contributed by atoms with Gasteiger partial charge in [0.15, 0.2) is 0 Å². The number of nitrogens with one attached hydrogen (secondary N) is 1. The largest absolute Gasteiger partial charge is 0.373 e. The molecule has 1 rings (SSSR count). The Labute approximate surface area is 119 Å². The summed E-state index contributed by atoms with van der Waals surface area (Å²) in [5.74, 6) is 0.00821. The highest BCUT2D eigenvalue weighted by molar-refractivity contribution is 6.30. The summed E-state index contributed by atoms with van der Waals surface area (Å²) in [5, 5.41) is 12.6. The summed E-state index contributed by atoms with van der Waals surface area (Å²) in [5.41, 5.74) is 1.06. The Morgan fingerprint density at radius 1 is 1.47 bits per heavy atom. The molecule has 0 heterocycles. The second-order valence-corrected chi connectivity index (χ2v) is 4.61. The van der Waals surface area contributed by atoms with E-state index in [0.29, 0.717) is 29.4 Å². The number of benzene rings is 1. The van der Waals surface area contributed by atoms with Crippen LogP contribution in [0.3, 0.4) is 0 Å². The number of carbonyl (C=O) groups is 1. The molecule has 0 aliphatic rings. The van der Waals surface area contributed by atoms with Crippen LogP contribution in [0.2, 0.25) is 5.02 Å². The minimum absolute atomic E-state index is 0.00821. The third-order valence-corrected chi connectivity index (χ3v) is 3.15. The third kappa shape index (κ3) is 3.87. The van der Waals surface area contributed by atoms with Crippen LogP contribution in [0.25, 0.3) is 0 Å². The molecular formula is C14H18ClN3O. The van der Waals surface area contributed by atoms with Crippen LogP contribution in [0.5, 0.6) is 0 Å². The van der Waals surface area contributed by atoms with E-state index in [-0.39, 0.29) is 5.91 Å². The van der Waals surface area contributed by atoms with Crippen molar-refractivity contribution in [2.75, 3.05) is 18.4 Å². The minimum atomic E-state index is -0.398. The van der Waals surface area contributed by atoms with Gasteiger partial charge in [0.1, 0.15) is 12.1 Å². The van der Waals surface area contributed by atoms with Gasteiger partial charge in [-0.15, -0.1) is 0 Å². The van der Waals surface area contributed by atoms with Crippen molar-refractivity contribution in [2.45, 2.75) is 26.8 Å². The number of likely N-dealkylation sites (N-methyl/N-ethyl adjacent to an activating group) is 1. The van der Waals surface area contributed by atoms with Crippen LogP contribution in [0, 0.1) is 11.3 Å². The van der Waals surface area contributed by atoms with E-state index in [9.17, 15) is 4.79 Å². The molecule has 1 unspecified atom stereocenters. The topological polar surface area (TPSA) is 56.1 Å². The van der Waals surface area contributed by atoms with E-state index < -0.39 is 6.04 Å². The molecule has 0 radical (unpaired) electrons. The van der Waals surface area contributed by atoms with Gasteiger partial charge in [-0.25, -0.2) is 0 Å². The predicted octanol–water partition coefficient (Wildman–Crippen LogP) is 2.88. The average Bonchev–Trinajstić information content (AvgIpc) is 2.40. The molecule has 1 N–H and O–H groups in total. The summed E-state index contributed by atoms with van der Waals surface area (Å²) in [6.45, 7) is 7.00. The van der Waals surface area contributed by atoms with E-state index in [0.717, 1.165) is 0 Å². The fraction of sp³-hybridized carbons (Fsp3) is 0.429. The number of halogens is 1. The molecule has 102 valence electrons. The first-order valence-corrected chi connectivity index (χ1v) is 6.66. The lowest BCUT2D eigenvalue weighted by molar-refractivity contribution is -0.131. The van der Waals surface area contributed by atoms with Gasteiger partial charge in [-0.05, 0) is 39.0 Å². The Bertz CT molecular complexity index is 492. The number of carbonyl (C=O) groups excluding carboxylic acids is 1. The van der Waals surface area contributed by atoms with Gasteiger partial charge in [0.2, 0.25) is 5.91 Å². The molecule has 1 aromatic carbocycles. The van der Waals surface area contributed by atoms with Crippen LogP contribution in [0.1, 0.15) is 26.3 Å². The van der Waals surface area contributed by atoms with Gasteiger partial charge in [0.25, 0.3) is 0 Å². The highest BCUT2D eigenvalue weighted by atomic mass is 35.5. The second kappa shape index (κ2) is 7.01. The highest BCUT2D eigenvalue weighted by Crippen LogP contribution is 2.21. The molecule has 1 atom stereocenters. The van der Waals surface area contributed by atoms with Crippen molar-refractivity contribution in [2.24, 2.45) is 0 Å². The monoisotopic (exact) mass is 279 g/mol. The molecule has 0 aliphatic carbocycles. The fourth-order valence-corrected chi connectivity index (χ4v) is 2.01. The SMILES string of the molecule is CCN(CC)C(=O)C(C)Nc1cc(Cl)ccc1C#N. The van der Waals surface area contributed by atoms with Gasteiger partial charge in [-0.3, -0.25) is 4.79 Å². The lowest BCUT2D eigenvalue weighted by atomic mass is 10.1. The maximum Gasteiger partial charge on any atom is 0.244 e. The summed E-state index contributed by atoms with van der Waals surface area (Å²) in [4.78, 5) is 13.9. The number of amides is 1. The molecule has 5 heteroatoms. The van der Waals surface area contributed by atoms with E-state index in [4.69, 9.17) is 16.9 Å². The van der Waals surface area contributed by atoms with Crippen molar-refractivity contribution in [3.63, 3.8) is 0 Å². The smallest absolute Gasteiger partial charge is 0.244 e. The van der Waals surface area contributed by atoms with Gasteiger partial charge in [-0.2, -0.15) is 5.26 Å². The zero-order chi connectivity index (χ0) is 14.4. The number of anilines is 1. The Balaban J connectivity index is 2.88. The molecule has 1 amide bonds. The minimum Gasteiger partial charge on any atom is -0.373 e. The maximum absolute atomic E-state index is 12.1. The van der Waals surface area contributed by atoms with E-state index in [1.54, 1.807) is 30.0 Å². The van der Waals surface area contributed by atoms with Crippen molar-refractivity contribution >= 4 is 23.2 Å². The van der Waals surface area contributed by atoms with Gasteiger partial charge >= 0.3 is 0 Å². The molecule has 19 heavy (non-hydrogen) atoms. The summed E-state index contributed by atoms with van der Waals surface area (Å²) >= 11 is 5.91. The van der Waals surface area contributed by atoms with Crippen molar-refractivity contribution in [1.82, 2.24) is 4.90 Å². The molecule has 0 aliphatic heterocycles. The summed E-state index contributed by atoms with van der Waals surface area (Å²) in [6, 6.07) is 6.63. The molecule has 0 aromatic heterocycles. The first kappa shape index (κ1) is 15.3. The molecule has 0 fully saturated rings. The van der Waals surface area contributed by atoms with Crippen LogP contribution < -0.4 is 5.32 Å². The van der Waals surface area contributed by atoms with Gasteiger partial charge < -0.3 is 10.2 Å². The maximum atomic E-state index is 12.1. The highest BCUT2D eigenvalue weighted by Gasteiger charge is 2.18. The standard InChI is InChI=1S/C14H18ClN3O/c1-4-18(5-2)14(19)10(3)17-13-8-12(15)7-6-11(13)9-16/h6-8,10,17H,4-5H2,1-3H3. The van der Waals surface area contributed by atoms with Crippen molar-refractivity contribution < 1.29 is 4.79 Å². The van der Waals surface area contributed by atoms with E-state index in [1.165, 1.54) is 0 Å². The Morgan fingerprint density at radius 3 is 2.63 bits per heavy atom. The molecule has 0 saturated carbocycles. The summed E-state index contributed by atoms with van der Waals surface area (Å²) in [7, 11) is 0. The number of nitriles is 1. The molecule has 0 saturated heterocycles. The fourth-order valence-electron chi connectivity index (χ4n) is 1.84. The zero-order valence-corrected chi connectivity index (χ0v) is 12.2. The van der Waals surface area contributed by atoms with Gasteiger partial charge in [-0.1, -0.05) is 11.6 Å². The Hall–Kier alpha value is -1.73. The van der Waals surface area contributed by atoms with E-state index in [1.807, 2.05) is 13.8 Å². The van der Waals surface area contributed by atoms with Crippen molar-refractivity contribution in [3.05, 3.63) is 28.8 Å². The molecule has 0 spiro atoms. The molecule has 0 bridgehead atoms. The average molecular weight is 280 g/mol. The second-order valence-electron chi connectivity index (χ2n) is 4.18. The van der Waals surface area contributed by atoms with Gasteiger partial charge in [0.05, 0.1) is 11.3 Å². The number of hydrogen-bond donors (Lipinski definition) is 1. The van der Waals surface area contributed by atoms with Gasteiger partial charge in [0, 0.05) is 18.1 Å². The zero-order valence-electron chi connectivity index (χ0n) is 11.4.